The Morgan fingerprint density at radius 1 is 1.11 bits per heavy atom. The van der Waals surface area contributed by atoms with Gasteiger partial charge in [0, 0.05) is 11.5 Å². The van der Waals surface area contributed by atoms with Gasteiger partial charge in [-0.1, -0.05) is 43.2 Å². The fraction of sp³-hybridized carbons (Fsp3) is 0.462. The number of Topliss-reactive ketones (excluding diaryl/α,β-unsaturated/α-hetero) is 1. The maximum Gasteiger partial charge on any atom is 0.268 e. The molecule has 2 rings (SSSR count). The van der Waals surface area contributed by atoms with Gasteiger partial charge in [-0.3, -0.25) is 9.35 Å². The van der Waals surface area contributed by atoms with Crippen LogP contribution in [0.4, 0.5) is 0 Å². The molecule has 1 N–H and O–H groups in total. The van der Waals surface area contributed by atoms with Gasteiger partial charge in [0.2, 0.25) is 0 Å². The fourth-order valence-electron chi connectivity index (χ4n) is 2.57. The van der Waals surface area contributed by atoms with Crippen molar-refractivity contribution in [2.45, 2.75) is 30.9 Å². The van der Waals surface area contributed by atoms with E-state index in [1.54, 1.807) is 30.3 Å². The highest BCUT2D eigenvalue weighted by molar-refractivity contribution is 7.86. The van der Waals surface area contributed by atoms with Gasteiger partial charge in [0.05, 0.1) is 5.25 Å². The van der Waals surface area contributed by atoms with Gasteiger partial charge in [-0.25, -0.2) is 0 Å². The molecule has 1 fully saturated rings. The van der Waals surface area contributed by atoms with E-state index < -0.39 is 21.3 Å². The van der Waals surface area contributed by atoms with Crippen LogP contribution < -0.4 is 0 Å². The minimum Gasteiger partial charge on any atom is -0.294 e. The highest BCUT2D eigenvalue weighted by Crippen LogP contribution is 2.31. The van der Waals surface area contributed by atoms with Crippen LogP contribution in [0.2, 0.25) is 0 Å². The van der Waals surface area contributed by atoms with Crippen molar-refractivity contribution in [2.24, 2.45) is 5.92 Å². The van der Waals surface area contributed by atoms with Crippen molar-refractivity contribution in [2.75, 3.05) is 0 Å². The van der Waals surface area contributed by atoms with Crippen molar-refractivity contribution in [1.29, 1.82) is 0 Å². The summed E-state index contributed by atoms with van der Waals surface area (Å²) in [6.45, 7) is 0. The maximum absolute atomic E-state index is 12.3. The summed E-state index contributed by atoms with van der Waals surface area (Å²) < 4.78 is 31.9. The smallest absolute Gasteiger partial charge is 0.268 e. The molecular formula is C13H16O4S. The first-order valence-electron chi connectivity index (χ1n) is 6.05. The summed E-state index contributed by atoms with van der Waals surface area (Å²) in [6.07, 6.45) is 2.46. The molecule has 1 aromatic carbocycles. The summed E-state index contributed by atoms with van der Waals surface area (Å²) in [5, 5.41) is -0.945. The van der Waals surface area contributed by atoms with Gasteiger partial charge >= 0.3 is 0 Å². The average Bonchev–Trinajstić information content (AvgIpc) is 2.38. The Kier molecular flexibility index (Phi) is 3.82. The second-order valence-corrected chi connectivity index (χ2v) is 6.31. The lowest BCUT2D eigenvalue weighted by molar-refractivity contribution is 0.0889. The lowest BCUT2D eigenvalue weighted by Crippen LogP contribution is -2.37. The number of rotatable bonds is 3. The molecule has 0 amide bonds. The van der Waals surface area contributed by atoms with E-state index in [4.69, 9.17) is 0 Å². The SMILES string of the molecule is O=C(c1ccccc1)[C@@H]1CCCC[C@H]1S(=O)(=O)O. The van der Waals surface area contributed by atoms with Crippen LogP contribution in [-0.4, -0.2) is 24.0 Å². The maximum atomic E-state index is 12.3. The van der Waals surface area contributed by atoms with Crippen LogP contribution in [0.5, 0.6) is 0 Å². The Labute approximate surface area is 107 Å². The molecule has 2 atom stereocenters. The summed E-state index contributed by atoms with van der Waals surface area (Å²) in [5.41, 5.74) is 0.512. The van der Waals surface area contributed by atoms with Crippen molar-refractivity contribution in [3.05, 3.63) is 35.9 Å². The first kappa shape index (κ1) is 13.2. The Hall–Kier alpha value is -1.20. The third-order valence-electron chi connectivity index (χ3n) is 3.48. The van der Waals surface area contributed by atoms with Gasteiger partial charge in [0.25, 0.3) is 10.1 Å². The molecule has 0 aromatic heterocycles. The Bertz CT molecular complexity index is 521. The minimum atomic E-state index is -4.15. The van der Waals surface area contributed by atoms with Crippen LogP contribution in [-0.2, 0) is 10.1 Å². The molecule has 0 radical (unpaired) electrons. The zero-order valence-corrected chi connectivity index (χ0v) is 10.8. The first-order chi connectivity index (χ1) is 8.50. The predicted molar refractivity (Wildman–Crippen MR) is 68.1 cm³/mol. The van der Waals surface area contributed by atoms with E-state index in [2.05, 4.69) is 0 Å². The van der Waals surface area contributed by atoms with E-state index in [1.807, 2.05) is 0 Å². The van der Waals surface area contributed by atoms with Gasteiger partial charge in [-0.2, -0.15) is 8.42 Å². The average molecular weight is 268 g/mol. The van der Waals surface area contributed by atoms with Gasteiger partial charge < -0.3 is 0 Å². The molecule has 4 nitrogen and oxygen atoms in total. The third kappa shape index (κ3) is 2.79. The molecule has 5 heteroatoms. The van der Waals surface area contributed by atoms with E-state index in [9.17, 15) is 17.8 Å². The van der Waals surface area contributed by atoms with Crippen LogP contribution >= 0.6 is 0 Å². The molecule has 1 aliphatic carbocycles. The van der Waals surface area contributed by atoms with E-state index in [0.29, 0.717) is 18.4 Å². The van der Waals surface area contributed by atoms with Crippen LogP contribution in [0, 0.1) is 5.92 Å². The van der Waals surface area contributed by atoms with Crippen molar-refractivity contribution < 1.29 is 17.8 Å². The van der Waals surface area contributed by atoms with Crippen molar-refractivity contribution in [3.8, 4) is 0 Å². The molecule has 1 aromatic rings. The first-order valence-corrected chi connectivity index (χ1v) is 7.56. The highest BCUT2D eigenvalue weighted by atomic mass is 32.2. The normalized spacial score (nSPS) is 24.7. The van der Waals surface area contributed by atoms with E-state index in [1.165, 1.54) is 0 Å². The molecule has 0 aliphatic heterocycles. The van der Waals surface area contributed by atoms with Crippen LogP contribution in [0.3, 0.4) is 0 Å². The van der Waals surface area contributed by atoms with Crippen LogP contribution in [0.1, 0.15) is 36.0 Å². The summed E-state index contributed by atoms with van der Waals surface area (Å²) >= 11 is 0. The number of ketones is 1. The lowest BCUT2D eigenvalue weighted by Gasteiger charge is -2.28. The van der Waals surface area contributed by atoms with Crippen molar-refractivity contribution in [1.82, 2.24) is 0 Å². The van der Waals surface area contributed by atoms with E-state index >= 15 is 0 Å². The fourth-order valence-corrected chi connectivity index (χ4v) is 3.71. The zero-order valence-electron chi connectivity index (χ0n) is 9.95. The second-order valence-electron chi connectivity index (χ2n) is 4.67. The Morgan fingerprint density at radius 2 is 1.72 bits per heavy atom. The molecule has 98 valence electrons. The standard InChI is InChI=1S/C13H16O4S/c14-13(10-6-2-1-3-7-10)11-8-4-5-9-12(11)18(15,16)17/h1-3,6-7,11-12H,4-5,8-9H2,(H,15,16,17)/t11-,12-/m1/s1. The minimum absolute atomic E-state index is 0.182. The van der Waals surface area contributed by atoms with E-state index in [0.717, 1.165) is 12.8 Å². The lowest BCUT2D eigenvalue weighted by atomic mass is 9.83. The predicted octanol–water partition coefficient (Wildman–Crippen LogP) is 2.32. The number of carbonyl (C=O) groups excluding carboxylic acids is 1. The summed E-state index contributed by atoms with van der Waals surface area (Å²) in [5.74, 6) is -0.797. The topological polar surface area (TPSA) is 71.4 Å². The van der Waals surface area contributed by atoms with Crippen molar-refractivity contribution >= 4 is 15.9 Å². The number of hydrogen-bond donors (Lipinski definition) is 1. The Morgan fingerprint density at radius 3 is 2.33 bits per heavy atom. The zero-order chi connectivity index (χ0) is 13.2. The van der Waals surface area contributed by atoms with Gasteiger partial charge in [0.1, 0.15) is 0 Å². The monoisotopic (exact) mass is 268 g/mol. The molecule has 18 heavy (non-hydrogen) atoms. The molecule has 1 saturated carbocycles. The molecular weight excluding hydrogens is 252 g/mol. The molecule has 0 heterocycles. The number of benzene rings is 1. The molecule has 1 aliphatic rings. The largest absolute Gasteiger partial charge is 0.294 e. The van der Waals surface area contributed by atoms with Gasteiger partial charge in [-0.05, 0) is 12.8 Å². The van der Waals surface area contributed by atoms with Crippen LogP contribution in [0.25, 0.3) is 0 Å². The van der Waals surface area contributed by atoms with E-state index in [-0.39, 0.29) is 5.78 Å². The summed E-state index contributed by atoms with van der Waals surface area (Å²) in [7, 11) is -4.15. The van der Waals surface area contributed by atoms with Gasteiger partial charge in [-0.15, -0.1) is 0 Å². The molecule has 0 spiro atoms. The number of carbonyl (C=O) groups is 1. The van der Waals surface area contributed by atoms with Crippen molar-refractivity contribution in [3.63, 3.8) is 0 Å². The molecule has 0 unspecified atom stereocenters. The van der Waals surface area contributed by atoms with Crippen LogP contribution in [0.15, 0.2) is 30.3 Å². The quantitative estimate of drug-likeness (QED) is 0.674. The second kappa shape index (κ2) is 5.20. The number of hydrogen-bond acceptors (Lipinski definition) is 3. The highest BCUT2D eigenvalue weighted by Gasteiger charge is 2.38. The Balaban J connectivity index is 2.28. The summed E-state index contributed by atoms with van der Waals surface area (Å²) in [4.78, 5) is 12.3. The molecule has 0 saturated heterocycles. The van der Waals surface area contributed by atoms with Gasteiger partial charge in [0.15, 0.2) is 5.78 Å². The summed E-state index contributed by atoms with van der Waals surface area (Å²) in [6, 6.07) is 8.66. The third-order valence-corrected chi connectivity index (χ3v) is 4.81. The molecule has 0 bridgehead atoms.